The summed E-state index contributed by atoms with van der Waals surface area (Å²) in [6.45, 7) is 2.79. The molecule has 1 aromatic rings. The van der Waals surface area contributed by atoms with E-state index >= 15 is 0 Å². The fourth-order valence-electron chi connectivity index (χ4n) is 2.56. The molecule has 0 radical (unpaired) electrons. The van der Waals surface area contributed by atoms with Gasteiger partial charge >= 0.3 is 0 Å². The van der Waals surface area contributed by atoms with Gasteiger partial charge < -0.3 is 10.2 Å². The molecule has 0 bridgehead atoms. The third-order valence-corrected chi connectivity index (χ3v) is 5.40. The summed E-state index contributed by atoms with van der Waals surface area (Å²) < 4.78 is 24.6. The number of fused-ring (bicyclic) bond motifs is 1. The van der Waals surface area contributed by atoms with Crippen molar-refractivity contribution >= 4 is 15.5 Å². The van der Waals surface area contributed by atoms with E-state index in [0.29, 0.717) is 4.90 Å². The van der Waals surface area contributed by atoms with Crippen molar-refractivity contribution in [3.63, 3.8) is 0 Å². The van der Waals surface area contributed by atoms with Crippen molar-refractivity contribution in [2.45, 2.75) is 24.3 Å². The summed E-state index contributed by atoms with van der Waals surface area (Å²) in [5.41, 5.74) is 1.89. The number of hydrogen-bond acceptors (Lipinski definition) is 4. The smallest absolute Gasteiger partial charge is 0.182 e. The Kier molecular flexibility index (Phi) is 3.64. The monoisotopic (exact) mass is 268 g/mol. The van der Waals surface area contributed by atoms with E-state index < -0.39 is 9.84 Å². The summed E-state index contributed by atoms with van der Waals surface area (Å²) in [4.78, 5) is 2.59. The summed E-state index contributed by atoms with van der Waals surface area (Å²) in [7, 11) is 0.726. The van der Waals surface area contributed by atoms with Crippen molar-refractivity contribution < 1.29 is 8.42 Å². The largest absolute Gasteiger partial charge is 0.369 e. The van der Waals surface area contributed by atoms with Crippen LogP contribution in [0.1, 0.15) is 12.0 Å². The first-order valence-corrected chi connectivity index (χ1v) is 7.82. The summed E-state index contributed by atoms with van der Waals surface area (Å²) in [6.07, 6.45) is 0.833. The molecule has 1 aliphatic heterocycles. The van der Waals surface area contributed by atoms with E-state index in [0.717, 1.165) is 24.2 Å². The van der Waals surface area contributed by atoms with Gasteiger partial charge in [0, 0.05) is 13.1 Å². The quantitative estimate of drug-likeness (QED) is 0.895. The Bertz CT molecular complexity index is 540. The lowest BCUT2D eigenvalue weighted by Gasteiger charge is -2.36. The van der Waals surface area contributed by atoms with Crippen LogP contribution in [0, 0.1) is 6.92 Å². The van der Waals surface area contributed by atoms with Crippen molar-refractivity contribution in [2.24, 2.45) is 0 Å². The minimum absolute atomic E-state index is 0.0519. The molecule has 0 fully saturated rings. The van der Waals surface area contributed by atoms with Gasteiger partial charge in [-0.3, -0.25) is 0 Å². The van der Waals surface area contributed by atoms with E-state index in [1.54, 1.807) is 6.07 Å². The van der Waals surface area contributed by atoms with Crippen LogP contribution in [0.5, 0.6) is 0 Å². The molecule has 5 heteroatoms. The third kappa shape index (κ3) is 2.24. The first-order chi connectivity index (χ1) is 8.47. The Morgan fingerprint density at radius 3 is 2.83 bits per heavy atom. The van der Waals surface area contributed by atoms with Crippen LogP contribution in [0.15, 0.2) is 23.1 Å². The number of rotatable bonds is 3. The van der Waals surface area contributed by atoms with Crippen molar-refractivity contribution in [1.29, 1.82) is 0 Å². The molecule has 2 rings (SSSR count). The topological polar surface area (TPSA) is 49.4 Å². The highest BCUT2D eigenvalue weighted by atomic mass is 32.2. The van der Waals surface area contributed by atoms with E-state index in [4.69, 9.17) is 0 Å². The summed E-state index contributed by atoms with van der Waals surface area (Å²) in [6, 6.07) is 5.54. The number of sulfone groups is 1. The van der Waals surface area contributed by atoms with Crippen molar-refractivity contribution in [3.8, 4) is 0 Å². The maximum absolute atomic E-state index is 12.3. The average molecular weight is 268 g/mol. The number of nitrogens with one attached hydrogen (secondary N) is 1. The van der Waals surface area contributed by atoms with Gasteiger partial charge in [0.05, 0.1) is 16.3 Å². The number of anilines is 1. The van der Waals surface area contributed by atoms with E-state index in [1.165, 1.54) is 0 Å². The van der Waals surface area contributed by atoms with E-state index in [2.05, 4.69) is 10.2 Å². The van der Waals surface area contributed by atoms with E-state index in [9.17, 15) is 8.42 Å². The van der Waals surface area contributed by atoms with Gasteiger partial charge in [-0.1, -0.05) is 12.1 Å². The minimum Gasteiger partial charge on any atom is -0.369 e. The second-order valence-electron chi connectivity index (χ2n) is 4.86. The van der Waals surface area contributed by atoms with Crippen LogP contribution < -0.4 is 10.2 Å². The molecule has 1 N–H and O–H groups in total. The molecule has 100 valence electrons. The number of benzene rings is 1. The van der Waals surface area contributed by atoms with Crippen LogP contribution in [-0.2, 0) is 9.84 Å². The lowest BCUT2D eigenvalue weighted by molar-refractivity contribution is 0.549. The highest BCUT2D eigenvalue weighted by Crippen LogP contribution is 2.35. The molecule has 1 heterocycles. The van der Waals surface area contributed by atoms with Gasteiger partial charge in [-0.05, 0) is 38.6 Å². The normalized spacial score (nSPS) is 21.7. The van der Waals surface area contributed by atoms with E-state index in [1.807, 2.05) is 33.2 Å². The van der Waals surface area contributed by atoms with Gasteiger partial charge in [0.15, 0.2) is 9.84 Å². The molecular weight excluding hydrogens is 248 g/mol. The van der Waals surface area contributed by atoms with Gasteiger partial charge in [0.2, 0.25) is 0 Å². The van der Waals surface area contributed by atoms with Gasteiger partial charge in [0.25, 0.3) is 0 Å². The predicted octanol–water partition coefficient (Wildman–Crippen LogP) is 1.20. The molecule has 0 saturated heterocycles. The van der Waals surface area contributed by atoms with Crippen LogP contribution in [0.4, 0.5) is 5.69 Å². The Hall–Kier alpha value is -1.07. The fraction of sp³-hybridized carbons (Fsp3) is 0.538. The molecule has 18 heavy (non-hydrogen) atoms. The van der Waals surface area contributed by atoms with Crippen LogP contribution in [-0.4, -0.2) is 40.9 Å². The highest BCUT2D eigenvalue weighted by molar-refractivity contribution is 7.91. The number of aryl methyl sites for hydroxylation is 1. The molecule has 0 amide bonds. The van der Waals surface area contributed by atoms with Crippen molar-refractivity contribution in [3.05, 3.63) is 23.8 Å². The Morgan fingerprint density at radius 2 is 2.17 bits per heavy atom. The highest BCUT2D eigenvalue weighted by Gasteiger charge is 2.34. The summed E-state index contributed by atoms with van der Waals surface area (Å²) in [5, 5.41) is 3.08. The standard InChI is InChI=1S/C13H20N2O2S/c1-10-5-4-6-12-13(10)15(3)11(7-8-14-2)9-18(12,16)17/h4-6,11,14H,7-9H2,1-3H3. The predicted molar refractivity (Wildman–Crippen MR) is 74.0 cm³/mol. The molecule has 1 aromatic carbocycles. The molecule has 1 atom stereocenters. The number of para-hydroxylation sites is 1. The van der Waals surface area contributed by atoms with Crippen LogP contribution in [0.2, 0.25) is 0 Å². The molecule has 0 spiro atoms. The van der Waals surface area contributed by atoms with Gasteiger partial charge in [-0.2, -0.15) is 0 Å². The zero-order chi connectivity index (χ0) is 13.3. The van der Waals surface area contributed by atoms with Gasteiger partial charge in [0.1, 0.15) is 0 Å². The first kappa shape index (κ1) is 13.4. The lowest BCUT2D eigenvalue weighted by atomic mass is 10.1. The van der Waals surface area contributed by atoms with Crippen LogP contribution in [0.25, 0.3) is 0 Å². The summed E-state index contributed by atoms with van der Waals surface area (Å²) >= 11 is 0. The third-order valence-electron chi connectivity index (χ3n) is 3.58. The zero-order valence-corrected chi connectivity index (χ0v) is 11.9. The number of nitrogens with zero attached hydrogens (tertiary/aromatic N) is 1. The molecular formula is C13H20N2O2S. The van der Waals surface area contributed by atoms with Crippen LogP contribution in [0.3, 0.4) is 0 Å². The minimum atomic E-state index is -3.15. The number of hydrogen-bond donors (Lipinski definition) is 1. The average Bonchev–Trinajstić information content (AvgIpc) is 2.32. The maximum atomic E-state index is 12.3. The maximum Gasteiger partial charge on any atom is 0.182 e. The fourth-order valence-corrected chi connectivity index (χ4v) is 4.52. The zero-order valence-electron chi connectivity index (χ0n) is 11.1. The summed E-state index contributed by atoms with van der Waals surface area (Å²) in [5.74, 6) is 0.210. The van der Waals surface area contributed by atoms with Crippen molar-refractivity contribution in [1.82, 2.24) is 5.32 Å². The molecule has 0 aliphatic carbocycles. The van der Waals surface area contributed by atoms with Gasteiger partial charge in [-0.15, -0.1) is 0 Å². The lowest BCUT2D eigenvalue weighted by Crippen LogP contribution is -2.44. The molecule has 0 aromatic heterocycles. The van der Waals surface area contributed by atoms with Crippen molar-refractivity contribution in [2.75, 3.05) is 31.3 Å². The second-order valence-corrected chi connectivity index (χ2v) is 6.86. The van der Waals surface area contributed by atoms with Crippen LogP contribution >= 0.6 is 0 Å². The van der Waals surface area contributed by atoms with Gasteiger partial charge in [-0.25, -0.2) is 8.42 Å². The first-order valence-electron chi connectivity index (χ1n) is 6.17. The molecule has 0 saturated carbocycles. The molecule has 1 unspecified atom stereocenters. The molecule has 4 nitrogen and oxygen atoms in total. The molecule has 1 aliphatic rings. The Morgan fingerprint density at radius 1 is 1.44 bits per heavy atom. The SMILES string of the molecule is CNCCC1CS(=O)(=O)c2cccc(C)c2N1C. The Labute approximate surface area is 109 Å². The van der Waals surface area contributed by atoms with E-state index in [-0.39, 0.29) is 11.8 Å². The Balaban J connectivity index is 2.46. The second kappa shape index (κ2) is 4.90.